The van der Waals surface area contributed by atoms with Crippen molar-refractivity contribution in [1.82, 2.24) is 20.9 Å². The van der Waals surface area contributed by atoms with Crippen LogP contribution in [0.15, 0.2) is 18.2 Å². The topological polar surface area (TPSA) is 90.5 Å². The summed E-state index contributed by atoms with van der Waals surface area (Å²) in [5.74, 6) is -0.0942. The average Bonchev–Trinajstić information content (AvgIpc) is 3.24. The van der Waals surface area contributed by atoms with Gasteiger partial charge < -0.3 is 15.5 Å². The SMILES string of the molecule is CC[C@@H]1CNC[C@@H]1NCc1ccc2c(c1)CN(C1CCC(=O)NC1=O)C2=O. The number of fused-ring (bicyclic) bond motifs is 1. The molecule has 3 amide bonds. The maximum atomic E-state index is 12.7. The minimum Gasteiger partial charge on any atom is -0.322 e. The molecule has 3 aliphatic heterocycles. The zero-order valence-electron chi connectivity index (χ0n) is 15.6. The minimum absolute atomic E-state index is 0.120. The zero-order chi connectivity index (χ0) is 19.0. The van der Waals surface area contributed by atoms with Gasteiger partial charge in [0, 0.05) is 37.7 Å². The van der Waals surface area contributed by atoms with Gasteiger partial charge in [0.15, 0.2) is 0 Å². The van der Waals surface area contributed by atoms with Crippen LogP contribution in [0.4, 0.5) is 0 Å². The number of piperidine rings is 1. The lowest BCUT2D eigenvalue weighted by molar-refractivity contribution is -0.136. The molecule has 3 heterocycles. The summed E-state index contributed by atoms with van der Waals surface area (Å²) in [5.41, 5.74) is 2.77. The third-order valence-electron chi connectivity index (χ3n) is 6.02. The molecule has 3 aliphatic rings. The van der Waals surface area contributed by atoms with Gasteiger partial charge in [0.25, 0.3) is 5.91 Å². The Morgan fingerprint density at radius 3 is 2.85 bits per heavy atom. The normalized spacial score (nSPS) is 27.8. The number of carbonyl (C=O) groups is 3. The number of rotatable bonds is 5. The predicted octanol–water partition coefficient (Wildman–Crippen LogP) is 0.535. The number of amides is 3. The molecule has 27 heavy (non-hydrogen) atoms. The second kappa shape index (κ2) is 7.40. The number of nitrogens with zero attached hydrogens (tertiary/aromatic N) is 1. The monoisotopic (exact) mass is 370 g/mol. The number of carbonyl (C=O) groups excluding carboxylic acids is 3. The Morgan fingerprint density at radius 1 is 1.22 bits per heavy atom. The van der Waals surface area contributed by atoms with Crippen molar-refractivity contribution in [3.05, 3.63) is 34.9 Å². The Labute approximate surface area is 158 Å². The molecule has 1 aromatic rings. The summed E-state index contributed by atoms with van der Waals surface area (Å²) in [4.78, 5) is 37.8. The molecular formula is C20H26N4O3. The summed E-state index contributed by atoms with van der Waals surface area (Å²) in [7, 11) is 0. The average molecular weight is 370 g/mol. The summed E-state index contributed by atoms with van der Waals surface area (Å²) in [6, 6.07) is 5.84. The molecule has 4 rings (SSSR count). The van der Waals surface area contributed by atoms with E-state index >= 15 is 0 Å². The number of hydrogen-bond acceptors (Lipinski definition) is 5. The van der Waals surface area contributed by atoms with Gasteiger partial charge in [-0.3, -0.25) is 19.7 Å². The van der Waals surface area contributed by atoms with Gasteiger partial charge in [-0.1, -0.05) is 25.5 Å². The van der Waals surface area contributed by atoms with Crippen molar-refractivity contribution in [1.29, 1.82) is 0 Å². The maximum Gasteiger partial charge on any atom is 0.255 e. The van der Waals surface area contributed by atoms with E-state index in [1.165, 1.54) is 0 Å². The minimum atomic E-state index is -0.556. The van der Waals surface area contributed by atoms with E-state index in [1.54, 1.807) is 4.90 Å². The Hall–Kier alpha value is -2.25. The lowest BCUT2D eigenvalue weighted by Crippen LogP contribution is -2.52. The van der Waals surface area contributed by atoms with E-state index in [-0.39, 0.29) is 24.1 Å². The molecule has 0 spiro atoms. The molecule has 0 bridgehead atoms. The number of hydrogen-bond donors (Lipinski definition) is 3. The quantitative estimate of drug-likeness (QED) is 0.658. The fourth-order valence-corrected chi connectivity index (χ4v) is 4.39. The first-order valence-corrected chi connectivity index (χ1v) is 9.77. The van der Waals surface area contributed by atoms with Crippen LogP contribution in [-0.4, -0.2) is 47.8 Å². The molecule has 0 saturated carbocycles. The first-order chi connectivity index (χ1) is 13.1. The predicted molar refractivity (Wildman–Crippen MR) is 99.8 cm³/mol. The number of imide groups is 1. The van der Waals surface area contributed by atoms with Gasteiger partial charge >= 0.3 is 0 Å². The summed E-state index contributed by atoms with van der Waals surface area (Å²) < 4.78 is 0. The van der Waals surface area contributed by atoms with Gasteiger partial charge in [0.05, 0.1) is 0 Å². The van der Waals surface area contributed by atoms with Crippen LogP contribution in [0, 0.1) is 5.92 Å². The molecule has 0 aromatic heterocycles. The molecule has 1 aromatic carbocycles. The third-order valence-corrected chi connectivity index (χ3v) is 6.02. The Balaban J connectivity index is 1.43. The van der Waals surface area contributed by atoms with Gasteiger partial charge in [-0.05, 0) is 36.1 Å². The number of nitrogens with one attached hydrogen (secondary N) is 3. The molecule has 0 radical (unpaired) electrons. The highest BCUT2D eigenvalue weighted by Crippen LogP contribution is 2.28. The van der Waals surface area contributed by atoms with Crippen molar-refractivity contribution >= 4 is 17.7 Å². The highest BCUT2D eigenvalue weighted by Gasteiger charge is 2.39. The van der Waals surface area contributed by atoms with Gasteiger partial charge in [0.1, 0.15) is 6.04 Å². The van der Waals surface area contributed by atoms with E-state index < -0.39 is 6.04 Å². The number of benzene rings is 1. The standard InChI is InChI=1S/C20H26N4O3/c1-2-13-9-21-10-16(13)22-8-12-3-4-15-14(7-12)11-24(20(15)27)17-5-6-18(25)23-19(17)26/h3-4,7,13,16-17,21-22H,2,5-6,8-11H2,1H3,(H,23,25,26)/t13-,16+,17?/m1/s1. The van der Waals surface area contributed by atoms with E-state index in [9.17, 15) is 14.4 Å². The molecule has 3 N–H and O–H groups in total. The second-order valence-electron chi connectivity index (χ2n) is 7.71. The molecule has 1 unspecified atom stereocenters. The molecule has 7 heteroatoms. The van der Waals surface area contributed by atoms with Crippen LogP contribution in [0.3, 0.4) is 0 Å². The fourth-order valence-electron chi connectivity index (χ4n) is 4.39. The van der Waals surface area contributed by atoms with Gasteiger partial charge in [-0.2, -0.15) is 0 Å². The van der Waals surface area contributed by atoms with Crippen molar-refractivity contribution in [3.8, 4) is 0 Å². The molecule has 2 saturated heterocycles. The Kier molecular flexibility index (Phi) is 4.97. The van der Waals surface area contributed by atoms with E-state index in [1.807, 2.05) is 12.1 Å². The highest BCUT2D eigenvalue weighted by atomic mass is 16.2. The van der Waals surface area contributed by atoms with Crippen molar-refractivity contribution < 1.29 is 14.4 Å². The van der Waals surface area contributed by atoms with Gasteiger partial charge in [-0.25, -0.2) is 0 Å². The van der Waals surface area contributed by atoms with Crippen molar-refractivity contribution in [2.45, 2.75) is 51.4 Å². The van der Waals surface area contributed by atoms with Crippen molar-refractivity contribution in [2.75, 3.05) is 13.1 Å². The third kappa shape index (κ3) is 3.49. The van der Waals surface area contributed by atoms with E-state index in [0.29, 0.717) is 30.5 Å². The maximum absolute atomic E-state index is 12.7. The molecule has 2 fully saturated rings. The van der Waals surface area contributed by atoms with Crippen LogP contribution < -0.4 is 16.0 Å². The highest BCUT2D eigenvalue weighted by molar-refractivity contribution is 6.05. The Morgan fingerprint density at radius 2 is 2.07 bits per heavy atom. The van der Waals surface area contributed by atoms with Crippen LogP contribution in [0.5, 0.6) is 0 Å². The summed E-state index contributed by atoms with van der Waals surface area (Å²) >= 11 is 0. The van der Waals surface area contributed by atoms with Gasteiger partial charge in [-0.15, -0.1) is 0 Å². The van der Waals surface area contributed by atoms with Crippen LogP contribution in [0.25, 0.3) is 0 Å². The van der Waals surface area contributed by atoms with Crippen molar-refractivity contribution in [3.63, 3.8) is 0 Å². The largest absolute Gasteiger partial charge is 0.322 e. The lowest BCUT2D eigenvalue weighted by Gasteiger charge is -2.29. The smallest absolute Gasteiger partial charge is 0.255 e. The second-order valence-corrected chi connectivity index (χ2v) is 7.71. The van der Waals surface area contributed by atoms with E-state index in [4.69, 9.17) is 0 Å². The fraction of sp³-hybridized carbons (Fsp3) is 0.550. The summed E-state index contributed by atoms with van der Waals surface area (Å²) in [6.45, 7) is 5.47. The first-order valence-electron chi connectivity index (χ1n) is 9.77. The molecule has 3 atom stereocenters. The summed E-state index contributed by atoms with van der Waals surface area (Å²) in [5, 5.41) is 9.39. The van der Waals surface area contributed by atoms with Crippen LogP contribution in [0.1, 0.15) is 47.7 Å². The van der Waals surface area contributed by atoms with Crippen LogP contribution in [-0.2, 0) is 22.7 Å². The van der Waals surface area contributed by atoms with E-state index in [2.05, 4.69) is 28.9 Å². The first kappa shape index (κ1) is 18.1. The summed E-state index contributed by atoms with van der Waals surface area (Å²) in [6.07, 6.45) is 1.83. The Bertz CT molecular complexity index is 778. The van der Waals surface area contributed by atoms with Crippen LogP contribution in [0.2, 0.25) is 0 Å². The molecule has 0 aliphatic carbocycles. The van der Waals surface area contributed by atoms with Crippen LogP contribution >= 0.6 is 0 Å². The molecule has 7 nitrogen and oxygen atoms in total. The molecule has 144 valence electrons. The van der Waals surface area contributed by atoms with E-state index in [0.717, 1.165) is 37.2 Å². The van der Waals surface area contributed by atoms with Crippen molar-refractivity contribution in [2.24, 2.45) is 5.92 Å². The zero-order valence-corrected chi connectivity index (χ0v) is 15.6. The lowest BCUT2D eigenvalue weighted by atomic mass is 10.00. The van der Waals surface area contributed by atoms with Gasteiger partial charge in [0.2, 0.25) is 11.8 Å². The molecular weight excluding hydrogens is 344 g/mol.